The van der Waals surface area contributed by atoms with Gasteiger partial charge >= 0.3 is 0 Å². The van der Waals surface area contributed by atoms with Gasteiger partial charge in [-0.25, -0.2) is 8.78 Å². The number of aliphatic hydroxyl groups excluding tert-OH is 1. The highest BCUT2D eigenvalue weighted by molar-refractivity contribution is 6.41. The first-order valence-electron chi connectivity index (χ1n) is 31.4. The van der Waals surface area contributed by atoms with Crippen molar-refractivity contribution in [2.45, 2.75) is 206 Å². The van der Waals surface area contributed by atoms with Crippen LogP contribution in [0.4, 0.5) is 8.78 Å². The summed E-state index contributed by atoms with van der Waals surface area (Å²) in [5.74, 6) is -15.0. The fraction of sp³-hybridized carbons (Fsp3) is 0.576. The normalized spacial score (nSPS) is 23.3. The van der Waals surface area contributed by atoms with Gasteiger partial charge in [0, 0.05) is 54.7 Å². The number of primary amides is 2. The second kappa shape index (κ2) is 36.1. The van der Waals surface area contributed by atoms with Crippen molar-refractivity contribution in [3.8, 4) is 0 Å². The summed E-state index contributed by atoms with van der Waals surface area (Å²) in [6, 6.07) is 3.51. The predicted molar refractivity (Wildman–Crippen MR) is 337 cm³/mol. The minimum atomic E-state index is -1.76. The van der Waals surface area contributed by atoms with Crippen LogP contribution >= 0.6 is 0 Å². The molecule has 3 aromatic rings. The number of aromatic amines is 1. The average molecular weight is 1270 g/mol. The summed E-state index contributed by atoms with van der Waals surface area (Å²) in [7, 11) is 0. The van der Waals surface area contributed by atoms with Crippen molar-refractivity contribution < 1.29 is 71.4 Å². The van der Waals surface area contributed by atoms with Crippen molar-refractivity contribution in [3.63, 3.8) is 0 Å². The Kier molecular flexibility index (Phi) is 29.9. The van der Waals surface area contributed by atoms with Crippen LogP contribution in [0, 0.1) is 35.3 Å². The van der Waals surface area contributed by atoms with Gasteiger partial charge in [-0.1, -0.05) is 75.9 Å². The number of halogens is 2. The van der Waals surface area contributed by atoms with Gasteiger partial charge < -0.3 is 63.6 Å². The zero-order chi connectivity index (χ0) is 67.8. The lowest BCUT2D eigenvalue weighted by Gasteiger charge is -2.33. The maximum absolute atomic E-state index is 15.1. The van der Waals surface area contributed by atoms with Crippen molar-refractivity contribution in [2.75, 3.05) is 13.2 Å². The Hall–Kier alpha value is -8.06. The molecule has 1 aromatic heterocycles. The number of aliphatic hydroxyl groups is 1. The van der Waals surface area contributed by atoms with E-state index >= 15 is 4.79 Å². The van der Waals surface area contributed by atoms with E-state index in [1.54, 1.807) is 12.3 Å². The fourth-order valence-electron chi connectivity index (χ4n) is 10.8. The molecule has 91 heavy (non-hydrogen) atoms. The number of carbonyl (C=O) groups excluding carboxylic acids is 12. The van der Waals surface area contributed by atoms with E-state index in [1.165, 1.54) is 47.6 Å². The quantitative estimate of drug-likeness (QED) is 0.0498. The van der Waals surface area contributed by atoms with Gasteiger partial charge in [0.2, 0.25) is 58.8 Å². The molecule has 0 aliphatic carbocycles. The van der Waals surface area contributed by atoms with Crippen molar-refractivity contribution >= 4 is 81.3 Å². The number of nitrogens with one attached hydrogen (secondary N) is 8. The number of benzene rings is 2. The molecule has 4 rings (SSSR count). The number of rotatable bonds is 22. The van der Waals surface area contributed by atoms with Crippen LogP contribution in [0.25, 0.3) is 10.9 Å². The third kappa shape index (κ3) is 23.9. The Labute approximate surface area is 530 Å². The van der Waals surface area contributed by atoms with Gasteiger partial charge in [0.15, 0.2) is 17.4 Å². The third-order valence-corrected chi connectivity index (χ3v) is 16.6. The number of H-pyrrole nitrogens is 1. The van der Waals surface area contributed by atoms with E-state index in [1.807, 2.05) is 44.2 Å². The summed E-state index contributed by atoms with van der Waals surface area (Å²) >= 11 is 0. The number of hydrogen-bond donors (Lipinski definition) is 11. The van der Waals surface area contributed by atoms with Crippen molar-refractivity contribution in [1.82, 2.24) is 42.2 Å². The zero-order valence-corrected chi connectivity index (χ0v) is 53.7. The Morgan fingerprint density at radius 1 is 0.758 bits per heavy atom. The van der Waals surface area contributed by atoms with Gasteiger partial charge in [0.1, 0.15) is 29.4 Å². The van der Waals surface area contributed by atoms with Gasteiger partial charge in [-0.05, 0) is 141 Å². The van der Waals surface area contributed by atoms with Crippen molar-refractivity contribution in [3.05, 3.63) is 83.6 Å². The highest BCUT2D eigenvalue weighted by Gasteiger charge is 2.42. The molecular weight excluding hydrogens is 1180 g/mol. The summed E-state index contributed by atoms with van der Waals surface area (Å²) < 4.78 is 28.4. The highest BCUT2D eigenvalue weighted by Crippen LogP contribution is 2.28. The van der Waals surface area contributed by atoms with E-state index in [9.17, 15) is 66.6 Å². The molecule has 1 aliphatic heterocycles. The number of nitrogens with two attached hydrogens (primary N) is 2. The lowest BCUT2D eigenvalue weighted by atomic mass is 9.81. The molecule has 0 saturated carbocycles. The summed E-state index contributed by atoms with van der Waals surface area (Å²) in [4.78, 5) is 168. The molecule has 2 aromatic carbocycles. The molecule has 8 amide bonds. The molecule has 0 saturated heterocycles. The van der Waals surface area contributed by atoms with Crippen LogP contribution in [-0.4, -0.2) is 135 Å². The summed E-state index contributed by atoms with van der Waals surface area (Å²) in [6.45, 7) is 10.9. The van der Waals surface area contributed by atoms with Crippen LogP contribution in [0.3, 0.4) is 0 Å². The number of fused-ring (bicyclic) bond motifs is 1. The molecule has 2 heterocycles. The van der Waals surface area contributed by atoms with Gasteiger partial charge in [0.25, 0.3) is 0 Å². The minimum absolute atomic E-state index is 0.00237. The van der Waals surface area contributed by atoms with Crippen molar-refractivity contribution in [1.29, 1.82) is 0 Å². The minimum Gasteiger partial charge on any atom is -0.394 e. The van der Waals surface area contributed by atoms with Gasteiger partial charge in [-0.15, -0.1) is 0 Å². The van der Waals surface area contributed by atoms with Crippen LogP contribution in [0.2, 0.25) is 0 Å². The van der Waals surface area contributed by atoms with Crippen LogP contribution in [0.5, 0.6) is 0 Å². The topological polar surface area (TPSA) is 377 Å². The summed E-state index contributed by atoms with van der Waals surface area (Å²) in [5.41, 5.74) is 9.00. The first-order valence-corrected chi connectivity index (χ1v) is 31.4. The predicted octanol–water partition coefficient (Wildman–Crippen LogP) is 4.12. The molecule has 0 radical (unpaired) electrons. The second-order valence-electron chi connectivity index (χ2n) is 25.1. The number of para-hydroxylation sites is 1. The van der Waals surface area contributed by atoms with Crippen LogP contribution < -0.4 is 48.7 Å². The Morgan fingerprint density at radius 2 is 1.43 bits per heavy atom. The molecule has 1 aliphatic rings. The molecule has 0 bridgehead atoms. The van der Waals surface area contributed by atoms with E-state index in [-0.39, 0.29) is 75.2 Å². The monoisotopic (exact) mass is 1270 g/mol. The SMILES string of the molecule is CC(=O)C[C@@H](Cc1ccc(F)c(F)c1)C(=O)N[C@]1(C)CCCCCC/C=C/CCC[C@@](C)(C(=O)NC(CO)C(=O)N[C@@H](C)C(=O)NC(C)C(N)=O)NC(=O)[C@H](CCC(C)C)CN[C@@H](CCC(N)=O)C(=O)C(=O)C(C)NC(=O)[C@H](Cc2c[nH]c3ccccc23)CC1=O. The van der Waals surface area contributed by atoms with Gasteiger partial charge in [0.05, 0.1) is 30.1 Å². The number of carbonyl (C=O) groups is 12. The third-order valence-electron chi connectivity index (χ3n) is 16.6. The van der Waals surface area contributed by atoms with E-state index in [2.05, 4.69) is 42.2 Å². The van der Waals surface area contributed by atoms with E-state index in [0.29, 0.717) is 56.9 Å². The molecule has 23 nitrogen and oxygen atoms in total. The maximum atomic E-state index is 15.1. The molecule has 0 spiro atoms. The number of allylic oxidation sites excluding steroid dienone is 2. The van der Waals surface area contributed by atoms with Crippen LogP contribution in [-0.2, 0) is 70.4 Å². The Morgan fingerprint density at radius 3 is 2.08 bits per heavy atom. The Balaban J connectivity index is 1.75. The van der Waals surface area contributed by atoms with Crippen LogP contribution in [0.15, 0.2) is 60.8 Å². The fourth-order valence-corrected chi connectivity index (χ4v) is 10.8. The first-order chi connectivity index (χ1) is 42.9. The number of hydrogen-bond acceptors (Lipinski definition) is 14. The zero-order valence-electron chi connectivity index (χ0n) is 53.7. The van der Waals surface area contributed by atoms with E-state index < -0.39 is 148 Å². The molecular formula is C66H94F2N10O13. The molecule has 3 unspecified atom stereocenters. The van der Waals surface area contributed by atoms with Crippen LogP contribution in [0.1, 0.15) is 163 Å². The van der Waals surface area contributed by atoms with Gasteiger partial charge in [-0.3, -0.25) is 52.7 Å². The number of ketones is 4. The Bertz CT molecular complexity index is 3110. The second-order valence-corrected chi connectivity index (χ2v) is 25.1. The smallest absolute Gasteiger partial charge is 0.246 e. The molecule has 25 heteroatoms. The molecule has 0 fully saturated rings. The lowest BCUT2D eigenvalue weighted by Crippen LogP contribution is -2.63. The standard InChI is InChI=1S/C66H94F2N10O13/c1-38(2)22-24-44-35-72-52(26-27-55(69)82)57(84)56(83)40(4)73-60(87)46(33-47-36-71-51-21-17-16-20-48(47)51)34-54(81)65(7,77-62(89)45(30-39(3)80)31-43-23-25-49(67)50(68)32-43)28-18-14-12-10-9-11-13-15-19-29-66(8,78-61(44)88)64(91)76-53(37-79)63(90)75-42(6)59(86)74-41(5)58(70)85/h11,13,16-17,20-21,23,25,32,36,38,40-42,44-46,52-53,71-72,79H,9-10,12,14-15,18-19,22,24,26-31,33-35,37H2,1-8H3,(H2,69,82)(H2,70,85)(H,73,87)(H,74,86)(H,75,90)(H,76,91)(H,77,89)(H,78,88)/b13-11+/t40?,41?,42-,44+,45-,46+,52-,53?,65+,66-/m0/s1. The average Bonchev–Trinajstić information content (AvgIpc) is 2.53. The number of aromatic nitrogens is 1. The molecule has 10 atom stereocenters. The highest BCUT2D eigenvalue weighted by atomic mass is 19.2. The number of amides is 8. The largest absolute Gasteiger partial charge is 0.394 e. The van der Waals surface area contributed by atoms with E-state index in [4.69, 9.17) is 11.5 Å². The summed E-state index contributed by atoms with van der Waals surface area (Å²) in [6.07, 6.45) is 8.34. The summed E-state index contributed by atoms with van der Waals surface area (Å²) in [5, 5.41) is 29.8. The lowest BCUT2D eigenvalue weighted by molar-refractivity contribution is -0.141. The molecule has 13 N–H and O–H groups in total. The first kappa shape index (κ1) is 75.4. The van der Waals surface area contributed by atoms with E-state index in [0.717, 1.165) is 23.0 Å². The van der Waals surface area contributed by atoms with Gasteiger partial charge in [-0.2, -0.15) is 0 Å². The maximum Gasteiger partial charge on any atom is 0.246 e. The number of Topliss-reactive ketones (excluding diaryl/α,β-unsaturated/α-hetero) is 4. The molecule has 500 valence electrons. The van der Waals surface area contributed by atoms with Crippen molar-refractivity contribution in [2.24, 2.45) is 35.1 Å².